The number of hydrogen-bond acceptors (Lipinski definition) is 2. The highest BCUT2D eigenvalue weighted by atomic mass is 16.5. The van der Waals surface area contributed by atoms with Crippen LogP contribution in [0.4, 0.5) is 0 Å². The number of likely N-dealkylation sites (tertiary alicyclic amines) is 1. The van der Waals surface area contributed by atoms with Gasteiger partial charge >= 0.3 is 0 Å². The summed E-state index contributed by atoms with van der Waals surface area (Å²) in [5.41, 5.74) is 1.78. The van der Waals surface area contributed by atoms with Crippen molar-refractivity contribution in [1.29, 1.82) is 0 Å². The summed E-state index contributed by atoms with van der Waals surface area (Å²) < 4.78 is 5.21. The first-order chi connectivity index (χ1) is 9.74. The average molecular weight is 271 g/mol. The third-order valence-corrected chi connectivity index (χ3v) is 3.57. The molecule has 20 heavy (non-hydrogen) atoms. The van der Waals surface area contributed by atoms with Crippen molar-refractivity contribution in [3.63, 3.8) is 0 Å². The molecule has 1 aromatic rings. The van der Waals surface area contributed by atoms with Gasteiger partial charge in [0.25, 0.3) is 0 Å². The summed E-state index contributed by atoms with van der Waals surface area (Å²) in [6.45, 7) is 5.53. The Bertz CT molecular complexity index is 513. The van der Waals surface area contributed by atoms with E-state index in [4.69, 9.17) is 4.74 Å². The van der Waals surface area contributed by atoms with Crippen molar-refractivity contribution in [2.24, 2.45) is 0 Å². The Hall–Kier alpha value is -2.03. The van der Waals surface area contributed by atoms with Crippen LogP contribution < -0.4 is 4.74 Å². The molecule has 0 spiro atoms. The van der Waals surface area contributed by atoms with Gasteiger partial charge in [-0.1, -0.05) is 24.8 Å². The molecule has 0 unspecified atom stereocenters. The van der Waals surface area contributed by atoms with E-state index >= 15 is 0 Å². The molecule has 0 aromatic heterocycles. The van der Waals surface area contributed by atoms with Crippen LogP contribution in [0.3, 0.4) is 0 Å². The van der Waals surface area contributed by atoms with Crippen LogP contribution in [-0.4, -0.2) is 31.0 Å². The lowest BCUT2D eigenvalue weighted by Crippen LogP contribution is -2.34. The Labute approximate surface area is 120 Å². The molecule has 1 aromatic carbocycles. The van der Waals surface area contributed by atoms with E-state index in [-0.39, 0.29) is 5.91 Å². The summed E-state index contributed by atoms with van der Waals surface area (Å²) in [6.07, 6.45) is 6.81. The fourth-order valence-corrected chi connectivity index (χ4v) is 2.40. The van der Waals surface area contributed by atoms with Crippen LogP contribution in [0.5, 0.6) is 5.75 Å². The second kappa shape index (κ2) is 6.94. The van der Waals surface area contributed by atoms with Crippen LogP contribution in [0, 0.1) is 0 Å². The molecule has 0 saturated carbocycles. The van der Waals surface area contributed by atoms with Crippen molar-refractivity contribution < 1.29 is 9.53 Å². The number of nitrogens with zero attached hydrogens (tertiary/aromatic N) is 1. The number of rotatable bonds is 4. The molecule has 2 rings (SSSR count). The lowest BCUT2D eigenvalue weighted by Gasteiger charge is -2.25. The Morgan fingerprint density at radius 2 is 2.05 bits per heavy atom. The topological polar surface area (TPSA) is 29.5 Å². The number of piperidine rings is 1. The van der Waals surface area contributed by atoms with Crippen LogP contribution in [0.15, 0.2) is 43.0 Å². The molecule has 1 heterocycles. The molecular weight excluding hydrogens is 250 g/mol. The van der Waals surface area contributed by atoms with Gasteiger partial charge in [0.1, 0.15) is 5.75 Å². The lowest BCUT2D eigenvalue weighted by atomic mass is 10.0. The molecule has 0 bridgehead atoms. The number of hydrogen-bond donors (Lipinski definition) is 0. The molecule has 0 radical (unpaired) electrons. The SMILES string of the molecule is C=C/C(=C\C(=O)N1CCCCC1)c1cccc(OC)c1. The quantitative estimate of drug-likeness (QED) is 0.621. The smallest absolute Gasteiger partial charge is 0.247 e. The van der Waals surface area contributed by atoms with E-state index in [9.17, 15) is 4.79 Å². The summed E-state index contributed by atoms with van der Waals surface area (Å²) >= 11 is 0. The van der Waals surface area contributed by atoms with Gasteiger partial charge in [0, 0.05) is 19.2 Å². The summed E-state index contributed by atoms with van der Waals surface area (Å²) in [4.78, 5) is 14.2. The lowest BCUT2D eigenvalue weighted by molar-refractivity contribution is -0.126. The van der Waals surface area contributed by atoms with Crippen molar-refractivity contribution in [3.05, 3.63) is 48.6 Å². The fourth-order valence-electron chi connectivity index (χ4n) is 2.40. The third kappa shape index (κ3) is 3.50. The molecular formula is C17H21NO2. The zero-order chi connectivity index (χ0) is 14.4. The van der Waals surface area contributed by atoms with E-state index in [1.807, 2.05) is 29.2 Å². The highest BCUT2D eigenvalue weighted by Crippen LogP contribution is 2.21. The Morgan fingerprint density at radius 3 is 2.70 bits per heavy atom. The minimum atomic E-state index is 0.0717. The van der Waals surface area contributed by atoms with Gasteiger partial charge in [0.2, 0.25) is 5.91 Å². The van der Waals surface area contributed by atoms with Crippen molar-refractivity contribution >= 4 is 11.5 Å². The van der Waals surface area contributed by atoms with Crippen LogP contribution in [0.1, 0.15) is 24.8 Å². The van der Waals surface area contributed by atoms with Crippen molar-refractivity contribution in [2.75, 3.05) is 20.2 Å². The van der Waals surface area contributed by atoms with Crippen molar-refractivity contribution in [2.45, 2.75) is 19.3 Å². The van der Waals surface area contributed by atoms with Crippen molar-refractivity contribution in [1.82, 2.24) is 4.90 Å². The number of methoxy groups -OCH3 is 1. The van der Waals surface area contributed by atoms with Gasteiger partial charge < -0.3 is 9.64 Å². The highest BCUT2D eigenvalue weighted by Gasteiger charge is 2.15. The molecule has 0 N–H and O–H groups in total. The van der Waals surface area contributed by atoms with Gasteiger partial charge in [-0.2, -0.15) is 0 Å². The molecule has 1 aliphatic rings. The normalized spacial score (nSPS) is 15.8. The monoisotopic (exact) mass is 271 g/mol. The second-order valence-corrected chi connectivity index (χ2v) is 4.92. The summed E-state index contributed by atoms with van der Waals surface area (Å²) in [5.74, 6) is 0.850. The van der Waals surface area contributed by atoms with Gasteiger partial charge in [-0.05, 0) is 42.5 Å². The van der Waals surface area contributed by atoms with E-state index < -0.39 is 0 Å². The maximum atomic E-state index is 12.3. The van der Waals surface area contributed by atoms with E-state index in [0.29, 0.717) is 0 Å². The Morgan fingerprint density at radius 1 is 1.30 bits per heavy atom. The minimum absolute atomic E-state index is 0.0717. The van der Waals surface area contributed by atoms with Gasteiger partial charge in [0.05, 0.1) is 7.11 Å². The molecule has 1 fully saturated rings. The first-order valence-electron chi connectivity index (χ1n) is 7.02. The first kappa shape index (κ1) is 14.4. The van der Waals surface area contributed by atoms with Crippen LogP contribution >= 0.6 is 0 Å². The highest BCUT2D eigenvalue weighted by molar-refractivity contribution is 5.97. The first-order valence-corrected chi connectivity index (χ1v) is 7.02. The number of carbonyl (C=O) groups excluding carboxylic acids is 1. The summed E-state index contributed by atoms with van der Waals surface area (Å²) in [5, 5.41) is 0. The zero-order valence-corrected chi connectivity index (χ0v) is 12.0. The van der Waals surface area contributed by atoms with Crippen LogP contribution in [-0.2, 0) is 4.79 Å². The predicted octanol–water partition coefficient (Wildman–Crippen LogP) is 3.28. The molecule has 3 nitrogen and oxygen atoms in total. The molecule has 1 amide bonds. The van der Waals surface area contributed by atoms with Gasteiger partial charge in [0.15, 0.2) is 0 Å². The Kier molecular flexibility index (Phi) is 4.99. The van der Waals surface area contributed by atoms with E-state index in [1.54, 1.807) is 19.3 Å². The average Bonchev–Trinajstić information content (AvgIpc) is 2.53. The fraction of sp³-hybridized carbons (Fsp3) is 0.353. The summed E-state index contributed by atoms with van der Waals surface area (Å²) in [6, 6.07) is 7.67. The second-order valence-electron chi connectivity index (χ2n) is 4.92. The number of ether oxygens (including phenoxy) is 1. The van der Waals surface area contributed by atoms with Gasteiger partial charge in [-0.25, -0.2) is 0 Å². The molecule has 0 atom stereocenters. The van der Waals surface area contributed by atoms with E-state index in [2.05, 4.69) is 6.58 Å². The van der Waals surface area contributed by atoms with Crippen LogP contribution in [0.25, 0.3) is 5.57 Å². The number of amides is 1. The minimum Gasteiger partial charge on any atom is -0.497 e. The molecule has 106 valence electrons. The Balaban J connectivity index is 2.19. The largest absolute Gasteiger partial charge is 0.497 e. The maximum Gasteiger partial charge on any atom is 0.247 e. The van der Waals surface area contributed by atoms with E-state index in [0.717, 1.165) is 42.8 Å². The standard InChI is InChI=1S/C17H21NO2/c1-3-14(15-8-7-9-16(12-15)20-2)13-17(19)18-10-5-4-6-11-18/h3,7-9,12-13H,1,4-6,10-11H2,2H3/b14-13+. The predicted molar refractivity (Wildman–Crippen MR) is 81.6 cm³/mol. The third-order valence-electron chi connectivity index (χ3n) is 3.57. The molecule has 1 saturated heterocycles. The molecule has 3 heteroatoms. The molecule has 1 aliphatic heterocycles. The maximum absolute atomic E-state index is 12.3. The van der Waals surface area contributed by atoms with E-state index in [1.165, 1.54) is 6.42 Å². The van der Waals surface area contributed by atoms with Crippen molar-refractivity contribution in [3.8, 4) is 5.75 Å². The molecule has 0 aliphatic carbocycles. The summed E-state index contributed by atoms with van der Waals surface area (Å²) in [7, 11) is 1.63. The number of allylic oxidation sites excluding steroid dienone is 2. The number of benzene rings is 1. The van der Waals surface area contributed by atoms with Crippen LogP contribution in [0.2, 0.25) is 0 Å². The number of carbonyl (C=O) groups is 1. The zero-order valence-electron chi connectivity index (χ0n) is 12.0. The van der Waals surface area contributed by atoms with Gasteiger partial charge in [-0.3, -0.25) is 4.79 Å². The van der Waals surface area contributed by atoms with Gasteiger partial charge in [-0.15, -0.1) is 0 Å².